The Balaban J connectivity index is 1.49. The van der Waals surface area contributed by atoms with Crippen LogP contribution in [0.4, 0.5) is 0 Å². The summed E-state index contributed by atoms with van der Waals surface area (Å²) in [6.07, 6.45) is 5.53. The highest BCUT2D eigenvalue weighted by Crippen LogP contribution is 2.60. The molecular weight excluding hydrogens is 424 g/mol. The molecule has 0 aliphatic heterocycles. The van der Waals surface area contributed by atoms with Crippen molar-refractivity contribution < 1.29 is 18.6 Å². The molecule has 3 aliphatic rings. The number of nitrogens with one attached hydrogen (secondary N) is 2. The topological polar surface area (TPSA) is 98.7 Å². The summed E-state index contributed by atoms with van der Waals surface area (Å²) < 4.78 is 25.7. The summed E-state index contributed by atoms with van der Waals surface area (Å²) in [6, 6.07) is 12.0. The van der Waals surface area contributed by atoms with Gasteiger partial charge >= 0.3 is 0 Å². The molecule has 5 atom stereocenters. The third kappa shape index (κ3) is 3.43. The SMILES string of the molecule is Cc1ccc(S(=O)(=O)NNC2=C[C@@H]3[C@H](CC[C@]4(C)[C@@H](O)CC[C@@H]34)c3ccc(O)cc32)cc1. The van der Waals surface area contributed by atoms with Gasteiger partial charge in [-0.2, -0.15) is 0 Å². The van der Waals surface area contributed by atoms with Crippen molar-refractivity contribution in [1.29, 1.82) is 0 Å². The van der Waals surface area contributed by atoms with Gasteiger partial charge < -0.3 is 15.6 Å². The first-order chi connectivity index (χ1) is 15.2. The average molecular weight is 455 g/mol. The lowest BCUT2D eigenvalue weighted by molar-refractivity contribution is -0.00816. The number of aliphatic hydroxyl groups is 1. The van der Waals surface area contributed by atoms with Crippen molar-refractivity contribution in [2.24, 2.45) is 17.3 Å². The lowest BCUT2D eigenvalue weighted by atomic mass is 9.56. The molecule has 2 saturated carbocycles. The van der Waals surface area contributed by atoms with Gasteiger partial charge in [0, 0.05) is 5.56 Å². The van der Waals surface area contributed by atoms with Crippen LogP contribution < -0.4 is 10.3 Å². The highest BCUT2D eigenvalue weighted by atomic mass is 32.2. The molecule has 5 rings (SSSR count). The van der Waals surface area contributed by atoms with Crippen molar-refractivity contribution in [2.45, 2.75) is 56.4 Å². The molecule has 0 spiro atoms. The lowest BCUT2D eigenvalue weighted by Crippen LogP contribution is -2.44. The Morgan fingerprint density at radius 1 is 1.06 bits per heavy atom. The second-order valence-corrected chi connectivity index (χ2v) is 11.5. The standard InChI is InChI=1S/C25H30N2O4S/c1-15-3-6-17(7-4-15)32(30,31)27-26-23-14-20-19(18-8-5-16(28)13-21(18)23)11-12-25(2)22(20)9-10-24(25)29/h3-8,13-14,19-20,22,24,26-29H,9-12H2,1-2H3/t19-,20-,22+,24+,25+/m1/s1. The van der Waals surface area contributed by atoms with E-state index in [4.69, 9.17) is 0 Å². The maximum atomic E-state index is 12.8. The highest BCUT2D eigenvalue weighted by Gasteiger charge is 2.54. The van der Waals surface area contributed by atoms with Crippen molar-refractivity contribution >= 4 is 15.7 Å². The largest absolute Gasteiger partial charge is 0.508 e. The molecule has 7 heteroatoms. The second-order valence-electron chi connectivity index (χ2n) is 9.82. The van der Waals surface area contributed by atoms with Gasteiger partial charge in [0.2, 0.25) is 0 Å². The monoisotopic (exact) mass is 454 g/mol. The van der Waals surface area contributed by atoms with Gasteiger partial charge in [0.25, 0.3) is 10.0 Å². The molecule has 32 heavy (non-hydrogen) atoms. The normalized spacial score (nSPS) is 31.3. The number of sulfonamides is 1. The van der Waals surface area contributed by atoms with Gasteiger partial charge in [0.15, 0.2) is 0 Å². The van der Waals surface area contributed by atoms with E-state index >= 15 is 0 Å². The van der Waals surface area contributed by atoms with E-state index in [0.717, 1.165) is 42.4 Å². The van der Waals surface area contributed by atoms with Crippen molar-refractivity contribution in [3.8, 4) is 5.75 Å². The number of hydrazine groups is 1. The van der Waals surface area contributed by atoms with Crippen LogP contribution in [0.5, 0.6) is 5.75 Å². The molecular formula is C25H30N2O4S. The van der Waals surface area contributed by atoms with Crippen LogP contribution >= 0.6 is 0 Å². The molecule has 170 valence electrons. The fraction of sp³-hybridized carbons (Fsp3) is 0.440. The zero-order valence-electron chi connectivity index (χ0n) is 18.4. The van der Waals surface area contributed by atoms with Crippen LogP contribution in [0.2, 0.25) is 0 Å². The number of benzene rings is 2. The Morgan fingerprint density at radius 3 is 2.56 bits per heavy atom. The predicted molar refractivity (Wildman–Crippen MR) is 123 cm³/mol. The van der Waals surface area contributed by atoms with E-state index in [2.05, 4.69) is 23.3 Å². The number of allylic oxidation sites excluding steroid dienone is 1. The number of rotatable bonds is 4. The van der Waals surface area contributed by atoms with E-state index in [1.54, 1.807) is 36.4 Å². The smallest absolute Gasteiger partial charge is 0.257 e. The Bertz CT molecular complexity index is 1170. The van der Waals surface area contributed by atoms with Crippen molar-refractivity contribution in [3.05, 3.63) is 65.2 Å². The molecule has 0 amide bonds. The van der Waals surface area contributed by atoms with Gasteiger partial charge in [-0.25, -0.2) is 8.42 Å². The van der Waals surface area contributed by atoms with E-state index in [1.165, 1.54) is 0 Å². The quantitative estimate of drug-likeness (QED) is 0.527. The van der Waals surface area contributed by atoms with E-state index < -0.39 is 10.0 Å². The minimum atomic E-state index is -3.76. The van der Waals surface area contributed by atoms with Crippen LogP contribution in [-0.4, -0.2) is 24.7 Å². The summed E-state index contributed by atoms with van der Waals surface area (Å²) in [7, 11) is -3.76. The molecule has 2 fully saturated rings. The molecule has 4 N–H and O–H groups in total. The number of hydrogen-bond acceptors (Lipinski definition) is 5. The van der Waals surface area contributed by atoms with E-state index in [0.29, 0.717) is 17.5 Å². The fourth-order valence-corrected chi connectivity index (χ4v) is 7.01. The molecule has 6 nitrogen and oxygen atoms in total. The van der Waals surface area contributed by atoms with Gasteiger partial charge in [-0.15, -0.1) is 4.83 Å². The number of aryl methyl sites for hydroxylation is 1. The Kier molecular flexibility index (Phi) is 5.11. The van der Waals surface area contributed by atoms with Crippen molar-refractivity contribution in [1.82, 2.24) is 10.3 Å². The number of phenols is 1. The molecule has 0 heterocycles. The first-order valence-electron chi connectivity index (χ1n) is 11.3. The van der Waals surface area contributed by atoms with Crippen molar-refractivity contribution in [2.75, 3.05) is 0 Å². The minimum absolute atomic E-state index is 0.112. The van der Waals surface area contributed by atoms with Crippen LogP contribution in [0.1, 0.15) is 55.2 Å². The first-order valence-corrected chi connectivity index (χ1v) is 12.7. The van der Waals surface area contributed by atoms with E-state index in [-0.39, 0.29) is 28.1 Å². The zero-order chi connectivity index (χ0) is 22.7. The number of hydrogen-bond donors (Lipinski definition) is 4. The summed E-state index contributed by atoms with van der Waals surface area (Å²) in [5.41, 5.74) is 6.41. The van der Waals surface area contributed by atoms with Crippen LogP contribution in [0.15, 0.2) is 53.4 Å². The molecule has 3 aliphatic carbocycles. The number of phenolic OH excluding ortho intramolecular Hbond substituents is 1. The Labute approximate surface area is 189 Å². The zero-order valence-corrected chi connectivity index (χ0v) is 19.2. The molecule has 0 radical (unpaired) electrons. The molecule has 0 unspecified atom stereocenters. The maximum absolute atomic E-state index is 12.8. The summed E-state index contributed by atoms with van der Waals surface area (Å²) in [4.78, 5) is 2.71. The number of aromatic hydroxyl groups is 1. The van der Waals surface area contributed by atoms with Crippen LogP contribution in [0.25, 0.3) is 5.70 Å². The van der Waals surface area contributed by atoms with Crippen molar-refractivity contribution in [3.63, 3.8) is 0 Å². The van der Waals surface area contributed by atoms with Crippen LogP contribution in [-0.2, 0) is 10.0 Å². The number of aliphatic hydroxyl groups excluding tert-OH is 1. The van der Waals surface area contributed by atoms with Gasteiger partial charge in [0.05, 0.1) is 16.7 Å². The van der Waals surface area contributed by atoms with E-state index in [9.17, 15) is 18.6 Å². The molecule has 0 aromatic heterocycles. The summed E-state index contributed by atoms with van der Waals surface area (Å²) in [6.45, 7) is 4.10. The third-order valence-electron chi connectivity index (χ3n) is 8.02. The summed E-state index contributed by atoms with van der Waals surface area (Å²) >= 11 is 0. The molecule has 2 aromatic rings. The Hall–Kier alpha value is -2.35. The first kappa shape index (κ1) is 21.5. The molecule has 0 bridgehead atoms. The van der Waals surface area contributed by atoms with Crippen LogP contribution in [0.3, 0.4) is 0 Å². The highest BCUT2D eigenvalue weighted by molar-refractivity contribution is 7.89. The average Bonchev–Trinajstić information content (AvgIpc) is 3.07. The molecule has 2 aromatic carbocycles. The predicted octanol–water partition coefficient (Wildman–Crippen LogP) is 3.81. The summed E-state index contributed by atoms with van der Waals surface area (Å²) in [5.74, 6) is 0.986. The Morgan fingerprint density at radius 2 is 1.81 bits per heavy atom. The van der Waals surface area contributed by atoms with E-state index in [1.807, 2.05) is 13.0 Å². The molecule has 0 saturated heterocycles. The van der Waals surface area contributed by atoms with Gasteiger partial charge in [-0.3, -0.25) is 0 Å². The van der Waals surface area contributed by atoms with Gasteiger partial charge in [-0.1, -0.05) is 36.8 Å². The lowest BCUT2D eigenvalue weighted by Gasteiger charge is -2.49. The minimum Gasteiger partial charge on any atom is -0.508 e. The van der Waals surface area contributed by atoms with Gasteiger partial charge in [-0.05, 0) is 85.6 Å². The second kappa shape index (κ2) is 7.61. The fourth-order valence-electron chi connectivity index (χ4n) is 6.15. The maximum Gasteiger partial charge on any atom is 0.257 e. The third-order valence-corrected chi connectivity index (χ3v) is 9.28. The number of fused-ring (bicyclic) bond motifs is 5. The summed E-state index contributed by atoms with van der Waals surface area (Å²) in [5, 5.41) is 20.8. The van der Waals surface area contributed by atoms with Gasteiger partial charge in [0.1, 0.15) is 5.75 Å². The van der Waals surface area contributed by atoms with Crippen LogP contribution in [0, 0.1) is 24.2 Å².